The minimum absolute atomic E-state index is 0.0228. The molecule has 1 atom stereocenters. The summed E-state index contributed by atoms with van der Waals surface area (Å²) in [4.78, 5) is 28.4. The van der Waals surface area contributed by atoms with E-state index < -0.39 is 6.10 Å². The number of rotatable bonds is 8. The minimum Gasteiger partial charge on any atom is -0.481 e. The van der Waals surface area contributed by atoms with Crippen LogP contribution in [0.25, 0.3) is 11.1 Å². The van der Waals surface area contributed by atoms with E-state index in [1.807, 2.05) is 42.5 Å². The number of piperazine rings is 1. The predicted molar refractivity (Wildman–Crippen MR) is 118 cm³/mol. The molecule has 3 rings (SSSR count). The summed E-state index contributed by atoms with van der Waals surface area (Å²) in [6.45, 7) is 8.71. The molecule has 1 N–H and O–H groups in total. The highest BCUT2D eigenvalue weighted by Crippen LogP contribution is 2.23. The van der Waals surface area contributed by atoms with Crippen molar-refractivity contribution in [3.05, 3.63) is 67.3 Å². The van der Waals surface area contributed by atoms with Gasteiger partial charge in [-0.3, -0.25) is 14.5 Å². The second-order valence-electron chi connectivity index (χ2n) is 7.34. The van der Waals surface area contributed by atoms with Gasteiger partial charge in [-0.2, -0.15) is 0 Å². The highest BCUT2D eigenvalue weighted by Gasteiger charge is 2.26. The number of ether oxygens (including phenoxy) is 1. The summed E-state index contributed by atoms with van der Waals surface area (Å²) in [6.07, 6.45) is 1.10. The molecule has 1 aliphatic heterocycles. The van der Waals surface area contributed by atoms with E-state index in [0.717, 1.165) is 11.1 Å². The van der Waals surface area contributed by atoms with E-state index in [1.165, 1.54) is 0 Å². The lowest BCUT2D eigenvalue weighted by molar-refractivity contribution is -0.139. The Morgan fingerprint density at radius 2 is 1.67 bits per heavy atom. The van der Waals surface area contributed by atoms with E-state index >= 15 is 0 Å². The van der Waals surface area contributed by atoms with Crippen LogP contribution in [0.5, 0.6) is 5.75 Å². The maximum absolute atomic E-state index is 12.8. The Labute approximate surface area is 178 Å². The summed E-state index contributed by atoms with van der Waals surface area (Å²) in [5.74, 6) is 0.622. The van der Waals surface area contributed by atoms with Gasteiger partial charge in [0.2, 0.25) is 5.91 Å². The molecule has 158 valence electrons. The van der Waals surface area contributed by atoms with Gasteiger partial charge in [-0.1, -0.05) is 48.5 Å². The quantitative estimate of drug-likeness (QED) is 0.684. The van der Waals surface area contributed by atoms with Crippen molar-refractivity contribution < 1.29 is 14.3 Å². The van der Waals surface area contributed by atoms with Crippen LogP contribution in [0.2, 0.25) is 0 Å². The van der Waals surface area contributed by atoms with Gasteiger partial charge in [-0.15, -0.1) is 6.58 Å². The van der Waals surface area contributed by atoms with Crippen molar-refractivity contribution in [3.8, 4) is 16.9 Å². The van der Waals surface area contributed by atoms with Crippen molar-refractivity contribution in [3.63, 3.8) is 0 Å². The minimum atomic E-state index is -0.560. The molecule has 0 bridgehead atoms. The van der Waals surface area contributed by atoms with Crippen LogP contribution in [-0.2, 0) is 9.59 Å². The zero-order valence-corrected chi connectivity index (χ0v) is 17.4. The van der Waals surface area contributed by atoms with Crippen LogP contribution in [0.1, 0.15) is 6.92 Å². The topological polar surface area (TPSA) is 61.9 Å². The van der Waals surface area contributed by atoms with Gasteiger partial charge in [0.15, 0.2) is 6.10 Å². The number of hydrogen-bond donors (Lipinski definition) is 1. The molecule has 6 nitrogen and oxygen atoms in total. The fraction of sp³-hybridized carbons (Fsp3) is 0.333. The molecule has 2 aromatic rings. The van der Waals surface area contributed by atoms with Gasteiger partial charge in [0, 0.05) is 32.7 Å². The van der Waals surface area contributed by atoms with E-state index in [2.05, 4.69) is 28.9 Å². The average molecular weight is 408 g/mol. The van der Waals surface area contributed by atoms with Crippen LogP contribution in [0, 0.1) is 0 Å². The first-order chi connectivity index (χ1) is 14.6. The number of nitrogens with zero attached hydrogens (tertiary/aromatic N) is 2. The lowest BCUT2D eigenvalue weighted by atomic mass is 10.1. The summed E-state index contributed by atoms with van der Waals surface area (Å²) >= 11 is 0. The largest absolute Gasteiger partial charge is 0.481 e. The Hall–Kier alpha value is -3.12. The fourth-order valence-electron chi connectivity index (χ4n) is 3.44. The lowest BCUT2D eigenvalue weighted by Crippen LogP contribution is -2.53. The highest BCUT2D eigenvalue weighted by molar-refractivity contribution is 5.81. The Balaban J connectivity index is 1.47. The zero-order valence-electron chi connectivity index (χ0n) is 17.4. The molecule has 2 aromatic carbocycles. The van der Waals surface area contributed by atoms with E-state index in [9.17, 15) is 9.59 Å². The molecule has 1 fully saturated rings. The molecule has 1 saturated heterocycles. The predicted octanol–water partition coefficient (Wildman–Crippen LogP) is 2.57. The molecule has 1 aliphatic rings. The molecular formula is C24H29N3O3. The smallest absolute Gasteiger partial charge is 0.263 e. The number of carbonyl (C=O) groups is 2. The van der Waals surface area contributed by atoms with Gasteiger partial charge in [0.1, 0.15) is 5.75 Å². The molecule has 2 amide bonds. The van der Waals surface area contributed by atoms with Gasteiger partial charge >= 0.3 is 0 Å². The van der Waals surface area contributed by atoms with Crippen molar-refractivity contribution in [2.24, 2.45) is 0 Å². The SMILES string of the molecule is C=CCNC(=O)CN1CCN(C(=O)[C@@H](C)Oc2ccc(-c3ccccc3)cc2)CC1. The van der Waals surface area contributed by atoms with Crippen LogP contribution in [0.3, 0.4) is 0 Å². The van der Waals surface area contributed by atoms with Gasteiger partial charge in [0.25, 0.3) is 5.91 Å². The molecule has 30 heavy (non-hydrogen) atoms. The third kappa shape index (κ3) is 5.94. The second kappa shape index (κ2) is 10.6. The number of hydrogen-bond acceptors (Lipinski definition) is 4. The Kier molecular flexibility index (Phi) is 7.63. The zero-order chi connectivity index (χ0) is 21.3. The fourth-order valence-corrected chi connectivity index (χ4v) is 3.44. The van der Waals surface area contributed by atoms with Crippen molar-refractivity contribution in [1.29, 1.82) is 0 Å². The molecule has 6 heteroatoms. The van der Waals surface area contributed by atoms with Crippen molar-refractivity contribution in [2.45, 2.75) is 13.0 Å². The number of carbonyl (C=O) groups excluding carboxylic acids is 2. The van der Waals surface area contributed by atoms with Crippen molar-refractivity contribution >= 4 is 11.8 Å². The van der Waals surface area contributed by atoms with Crippen LogP contribution in [0.15, 0.2) is 67.3 Å². The summed E-state index contributed by atoms with van der Waals surface area (Å²) in [7, 11) is 0. The molecule has 0 unspecified atom stereocenters. The van der Waals surface area contributed by atoms with Crippen molar-refractivity contribution in [2.75, 3.05) is 39.3 Å². The molecule has 0 aromatic heterocycles. The summed E-state index contributed by atoms with van der Waals surface area (Å²) in [5.41, 5.74) is 2.25. The molecular weight excluding hydrogens is 378 g/mol. The van der Waals surface area contributed by atoms with Crippen LogP contribution in [-0.4, -0.2) is 67.0 Å². The maximum atomic E-state index is 12.8. The Morgan fingerprint density at radius 3 is 2.30 bits per heavy atom. The summed E-state index contributed by atoms with van der Waals surface area (Å²) in [5, 5.41) is 2.77. The summed E-state index contributed by atoms with van der Waals surface area (Å²) in [6, 6.07) is 17.9. The van der Waals surface area contributed by atoms with Crippen LogP contribution in [0.4, 0.5) is 0 Å². The van der Waals surface area contributed by atoms with Gasteiger partial charge in [-0.25, -0.2) is 0 Å². The first-order valence-corrected chi connectivity index (χ1v) is 10.3. The first-order valence-electron chi connectivity index (χ1n) is 10.3. The summed E-state index contributed by atoms with van der Waals surface area (Å²) < 4.78 is 5.88. The Morgan fingerprint density at radius 1 is 1.03 bits per heavy atom. The third-order valence-electron chi connectivity index (χ3n) is 5.12. The second-order valence-corrected chi connectivity index (χ2v) is 7.34. The molecule has 1 heterocycles. The van der Waals surface area contributed by atoms with E-state index in [1.54, 1.807) is 17.9 Å². The van der Waals surface area contributed by atoms with Crippen LogP contribution >= 0.6 is 0 Å². The highest BCUT2D eigenvalue weighted by atomic mass is 16.5. The van der Waals surface area contributed by atoms with Gasteiger partial charge in [-0.05, 0) is 30.2 Å². The third-order valence-corrected chi connectivity index (χ3v) is 5.12. The number of nitrogens with one attached hydrogen (secondary N) is 1. The standard InChI is InChI=1S/C24H29N3O3/c1-3-13-25-23(28)18-26-14-16-27(17-15-26)24(29)19(2)30-22-11-9-21(10-12-22)20-7-5-4-6-8-20/h3-12,19H,1,13-18H2,2H3,(H,25,28)/t19-/m1/s1. The number of amides is 2. The monoisotopic (exact) mass is 407 g/mol. The van der Waals surface area contributed by atoms with Gasteiger partial charge in [0.05, 0.1) is 6.54 Å². The molecule has 0 spiro atoms. The molecule has 0 radical (unpaired) electrons. The molecule has 0 saturated carbocycles. The average Bonchev–Trinajstić information content (AvgIpc) is 2.79. The van der Waals surface area contributed by atoms with Gasteiger partial charge < -0.3 is 15.0 Å². The Bertz CT molecular complexity index is 844. The molecule has 0 aliphatic carbocycles. The van der Waals surface area contributed by atoms with Crippen LogP contribution < -0.4 is 10.1 Å². The van der Waals surface area contributed by atoms with E-state index in [-0.39, 0.29) is 11.8 Å². The normalized spacial score (nSPS) is 15.3. The maximum Gasteiger partial charge on any atom is 0.263 e. The first kappa shape index (κ1) is 21.6. The van der Waals surface area contributed by atoms with E-state index in [4.69, 9.17) is 4.74 Å². The van der Waals surface area contributed by atoms with Crippen molar-refractivity contribution in [1.82, 2.24) is 15.1 Å². The lowest BCUT2D eigenvalue weighted by Gasteiger charge is -2.35. The van der Waals surface area contributed by atoms with E-state index in [0.29, 0.717) is 45.0 Å². The number of benzene rings is 2.